The highest BCUT2D eigenvalue weighted by molar-refractivity contribution is 7.90. The lowest BCUT2D eigenvalue weighted by molar-refractivity contribution is -0.387. The Hall–Kier alpha value is -2.41. The third-order valence-corrected chi connectivity index (χ3v) is 5.29. The fourth-order valence-corrected chi connectivity index (χ4v) is 3.69. The van der Waals surface area contributed by atoms with Crippen molar-refractivity contribution in [1.82, 2.24) is 0 Å². The van der Waals surface area contributed by atoms with Gasteiger partial charge in [-0.05, 0) is 30.2 Å². The summed E-state index contributed by atoms with van der Waals surface area (Å²) in [7, 11) is -3.70. The Kier molecular flexibility index (Phi) is 5.17. The summed E-state index contributed by atoms with van der Waals surface area (Å²) in [6, 6.07) is 12.1. The molecule has 0 spiro atoms. The molecule has 0 aliphatic heterocycles. The van der Waals surface area contributed by atoms with Crippen LogP contribution in [0.25, 0.3) is 0 Å². The third-order valence-electron chi connectivity index (χ3n) is 4.16. The van der Waals surface area contributed by atoms with Gasteiger partial charge in [0.1, 0.15) is 4.90 Å². The standard InChI is InChI=1S/C18H22N2O4S/c1-13-7-5-6-8-15(13)18(2,3)12-19-14-9-10-16(20(21)22)17(11-14)25(4,23)24/h5-11,19H,12H2,1-4H3. The molecule has 0 aliphatic rings. The number of nitrogens with zero attached hydrogens (tertiary/aromatic N) is 1. The highest BCUT2D eigenvalue weighted by atomic mass is 32.2. The van der Waals surface area contributed by atoms with Crippen LogP contribution in [0.15, 0.2) is 47.4 Å². The molecule has 134 valence electrons. The molecule has 0 saturated carbocycles. The van der Waals surface area contributed by atoms with E-state index >= 15 is 0 Å². The van der Waals surface area contributed by atoms with Gasteiger partial charge < -0.3 is 5.32 Å². The van der Waals surface area contributed by atoms with E-state index in [4.69, 9.17) is 0 Å². The summed E-state index contributed by atoms with van der Waals surface area (Å²) >= 11 is 0. The SMILES string of the molecule is Cc1ccccc1C(C)(C)CNc1ccc([N+](=O)[O-])c(S(C)(=O)=O)c1. The van der Waals surface area contributed by atoms with Gasteiger partial charge in [-0.3, -0.25) is 10.1 Å². The molecule has 7 heteroatoms. The van der Waals surface area contributed by atoms with Crippen LogP contribution in [0.1, 0.15) is 25.0 Å². The topological polar surface area (TPSA) is 89.3 Å². The van der Waals surface area contributed by atoms with Crippen molar-refractivity contribution in [2.75, 3.05) is 18.1 Å². The maximum Gasteiger partial charge on any atom is 0.288 e. The quantitative estimate of drug-likeness (QED) is 0.625. The smallest absolute Gasteiger partial charge is 0.288 e. The number of anilines is 1. The lowest BCUT2D eigenvalue weighted by Gasteiger charge is -2.28. The van der Waals surface area contributed by atoms with Crippen molar-refractivity contribution < 1.29 is 13.3 Å². The van der Waals surface area contributed by atoms with E-state index in [-0.39, 0.29) is 10.3 Å². The number of hydrogen-bond acceptors (Lipinski definition) is 5. The van der Waals surface area contributed by atoms with Gasteiger partial charge >= 0.3 is 0 Å². The first-order valence-corrected chi connectivity index (χ1v) is 9.70. The highest BCUT2D eigenvalue weighted by Gasteiger charge is 2.25. The molecule has 0 aromatic heterocycles. The number of hydrogen-bond donors (Lipinski definition) is 1. The Morgan fingerprint density at radius 2 is 1.80 bits per heavy atom. The zero-order valence-electron chi connectivity index (χ0n) is 14.7. The Bertz CT molecular complexity index is 905. The number of aryl methyl sites for hydroxylation is 1. The lowest BCUT2D eigenvalue weighted by atomic mass is 9.82. The lowest BCUT2D eigenvalue weighted by Crippen LogP contribution is -2.28. The van der Waals surface area contributed by atoms with Crippen molar-refractivity contribution in [2.24, 2.45) is 0 Å². The van der Waals surface area contributed by atoms with Gasteiger partial charge in [0.05, 0.1) is 4.92 Å². The van der Waals surface area contributed by atoms with Gasteiger partial charge in [0.25, 0.3) is 5.69 Å². The molecule has 2 aromatic carbocycles. The summed E-state index contributed by atoms with van der Waals surface area (Å²) in [6.45, 7) is 6.78. The Labute approximate surface area is 148 Å². The van der Waals surface area contributed by atoms with E-state index in [1.807, 2.05) is 25.1 Å². The monoisotopic (exact) mass is 362 g/mol. The van der Waals surface area contributed by atoms with Crippen molar-refractivity contribution >= 4 is 21.2 Å². The first kappa shape index (κ1) is 18.9. The van der Waals surface area contributed by atoms with Crippen LogP contribution in [0.2, 0.25) is 0 Å². The fourth-order valence-electron chi connectivity index (χ4n) is 2.82. The number of rotatable bonds is 6. The average molecular weight is 362 g/mol. The molecular formula is C18H22N2O4S. The Morgan fingerprint density at radius 1 is 1.16 bits per heavy atom. The zero-order chi connectivity index (χ0) is 18.8. The largest absolute Gasteiger partial charge is 0.384 e. The maximum atomic E-state index is 11.8. The van der Waals surface area contributed by atoms with Crippen molar-refractivity contribution in [3.8, 4) is 0 Å². The minimum atomic E-state index is -3.70. The van der Waals surface area contributed by atoms with Crippen LogP contribution in [0, 0.1) is 17.0 Å². The molecular weight excluding hydrogens is 340 g/mol. The van der Waals surface area contributed by atoms with E-state index < -0.39 is 20.4 Å². The van der Waals surface area contributed by atoms with Crippen LogP contribution in [0.4, 0.5) is 11.4 Å². The van der Waals surface area contributed by atoms with Gasteiger partial charge in [-0.15, -0.1) is 0 Å². The maximum absolute atomic E-state index is 11.8. The van der Waals surface area contributed by atoms with E-state index in [0.29, 0.717) is 12.2 Å². The molecule has 0 bridgehead atoms. The first-order chi connectivity index (χ1) is 11.5. The number of nitro groups is 1. The van der Waals surface area contributed by atoms with Crippen molar-refractivity contribution in [3.63, 3.8) is 0 Å². The fraction of sp³-hybridized carbons (Fsp3) is 0.333. The van der Waals surface area contributed by atoms with E-state index in [1.165, 1.54) is 29.3 Å². The van der Waals surface area contributed by atoms with E-state index in [0.717, 1.165) is 6.26 Å². The molecule has 0 amide bonds. The second-order valence-corrected chi connectivity index (χ2v) is 8.75. The van der Waals surface area contributed by atoms with Gasteiger partial charge in [0, 0.05) is 30.0 Å². The van der Waals surface area contributed by atoms with Crippen LogP contribution >= 0.6 is 0 Å². The van der Waals surface area contributed by atoms with Gasteiger partial charge in [-0.25, -0.2) is 8.42 Å². The number of nitrogens with one attached hydrogen (secondary N) is 1. The summed E-state index contributed by atoms with van der Waals surface area (Å²) in [6.07, 6.45) is 0.969. The minimum Gasteiger partial charge on any atom is -0.384 e. The van der Waals surface area contributed by atoms with Crippen LogP contribution in [-0.4, -0.2) is 26.1 Å². The molecule has 0 saturated heterocycles. The summed E-state index contributed by atoms with van der Waals surface area (Å²) in [5.74, 6) is 0. The van der Waals surface area contributed by atoms with Gasteiger partial charge in [0.2, 0.25) is 0 Å². The first-order valence-electron chi connectivity index (χ1n) is 7.81. The average Bonchev–Trinajstić information content (AvgIpc) is 2.52. The summed E-state index contributed by atoms with van der Waals surface area (Å²) < 4.78 is 23.7. The van der Waals surface area contributed by atoms with E-state index in [1.54, 1.807) is 0 Å². The van der Waals surface area contributed by atoms with Crippen LogP contribution < -0.4 is 5.32 Å². The van der Waals surface area contributed by atoms with Crippen LogP contribution in [-0.2, 0) is 15.3 Å². The molecule has 2 aromatic rings. The molecule has 0 fully saturated rings. The van der Waals surface area contributed by atoms with Gasteiger partial charge in [-0.2, -0.15) is 0 Å². The summed E-state index contributed by atoms with van der Waals surface area (Å²) in [4.78, 5) is 10.1. The van der Waals surface area contributed by atoms with E-state index in [2.05, 4.69) is 25.2 Å². The molecule has 0 radical (unpaired) electrons. The molecule has 0 atom stereocenters. The second kappa shape index (κ2) is 6.84. The molecule has 0 heterocycles. The summed E-state index contributed by atoms with van der Waals surface area (Å²) in [5.41, 5.74) is 2.29. The van der Waals surface area contributed by atoms with E-state index in [9.17, 15) is 18.5 Å². The number of benzene rings is 2. The normalized spacial score (nSPS) is 12.0. The third kappa shape index (κ3) is 4.36. The molecule has 25 heavy (non-hydrogen) atoms. The second-order valence-electron chi connectivity index (χ2n) is 6.76. The predicted octanol–water partition coefficient (Wildman–Crippen LogP) is 3.70. The van der Waals surface area contributed by atoms with Crippen molar-refractivity contribution in [1.29, 1.82) is 0 Å². The van der Waals surface area contributed by atoms with Crippen LogP contribution in [0.3, 0.4) is 0 Å². The summed E-state index contributed by atoms with van der Waals surface area (Å²) in [5, 5.41) is 14.2. The zero-order valence-corrected chi connectivity index (χ0v) is 15.6. The number of nitro benzene ring substituents is 1. The predicted molar refractivity (Wildman–Crippen MR) is 98.9 cm³/mol. The Balaban J connectivity index is 2.30. The molecule has 0 unspecified atom stereocenters. The van der Waals surface area contributed by atoms with Gasteiger partial charge in [0.15, 0.2) is 9.84 Å². The number of sulfone groups is 1. The molecule has 0 aliphatic carbocycles. The Morgan fingerprint density at radius 3 is 2.36 bits per heavy atom. The van der Waals surface area contributed by atoms with Crippen LogP contribution in [0.5, 0.6) is 0 Å². The van der Waals surface area contributed by atoms with Gasteiger partial charge in [-0.1, -0.05) is 38.1 Å². The molecule has 6 nitrogen and oxygen atoms in total. The molecule has 1 N–H and O–H groups in total. The molecule has 2 rings (SSSR count). The van der Waals surface area contributed by atoms with Crippen molar-refractivity contribution in [3.05, 3.63) is 63.7 Å². The highest BCUT2D eigenvalue weighted by Crippen LogP contribution is 2.29. The van der Waals surface area contributed by atoms with Crippen molar-refractivity contribution in [2.45, 2.75) is 31.1 Å². The minimum absolute atomic E-state index is 0.196.